The van der Waals surface area contributed by atoms with Crippen LogP contribution in [0.3, 0.4) is 0 Å². The van der Waals surface area contributed by atoms with Gasteiger partial charge in [0.2, 0.25) is 0 Å². The van der Waals surface area contributed by atoms with E-state index in [2.05, 4.69) is 4.98 Å². The van der Waals surface area contributed by atoms with E-state index in [0.717, 1.165) is 0 Å². The molecule has 0 aliphatic heterocycles. The lowest BCUT2D eigenvalue weighted by Gasteiger charge is -2.19. The lowest BCUT2D eigenvalue weighted by molar-refractivity contribution is -0.141. The van der Waals surface area contributed by atoms with E-state index in [1.165, 1.54) is 6.20 Å². The molecule has 0 bridgehead atoms. The van der Waals surface area contributed by atoms with Crippen molar-refractivity contribution in [3.05, 3.63) is 66.0 Å². The van der Waals surface area contributed by atoms with Crippen LogP contribution < -0.4 is 0 Å². The van der Waals surface area contributed by atoms with Crippen LogP contribution in [-0.2, 0) is 4.79 Å². The number of aliphatic carboxylic acids is 1. The average molecular weight is 243 g/mol. The van der Waals surface area contributed by atoms with Gasteiger partial charge in [-0.2, -0.15) is 0 Å². The molecular formula is C14H13NO3. The van der Waals surface area contributed by atoms with Gasteiger partial charge in [0.25, 0.3) is 0 Å². The molecule has 1 aromatic heterocycles. The summed E-state index contributed by atoms with van der Waals surface area (Å²) in [4.78, 5) is 15.2. The van der Waals surface area contributed by atoms with E-state index in [1.54, 1.807) is 48.7 Å². The summed E-state index contributed by atoms with van der Waals surface area (Å²) in [6.07, 6.45) is 1.94. The maximum absolute atomic E-state index is 11.3. The number of carbonyl (C=O) groups is 1. The van der Waals surface area contributed by atoms with Crippen molar-refractivity contribution in [2.24, 2.45) is 0 Å². The van der Waals surface area contributed by atoms with Crippen molar-refractivity contribution in [2.45, 2.75) is 12.0 Å². The lowest BCUT2D eigenvalue weighted by Crippen LogP contribution is -2.20. The summed E-state index contributed by atoms with van der Waals surface area (Å²) in [5, 5.41) is 19.5. The SMILES string of the molecule is O=C(O)C(c1ccccc1)C(O)c1cccnc1. The zero-order valence-corrected chi connectivity index (χ0v) is 9.60. The van der Waals surface area contributed by atoms with Gasteiger partial charge in [0.15, 0.2) is 0 Å². The molecule has 18 heavy (non-hydrogen) atoms. The second-order valence-electron chi connectivity index (χ2n) is 3.96. The zero-order chi connectivity index (χ0) is 13.0. The minimum absolute atomic E-state index is 0.494. The molecule has 0 radical (unpaired) electrons. The van der Waals surface area contributed by atoms with E-state index >= 15 is 0 Å². The maximum Gasteiger partial charge on any atom is 0.314 e. The minimum Gasteiger partial charge on any atom is -0.481 e. The van der Waals surface area contributed by atoms with Crippen LogP contribution in [-0.4, -0.2) is 21.2 Å². The smallest absolute Gasteiger partial charge is 0.314 e. The number of aliphatic hydroxyl groups excluding tert-OH is 1. The molecule has 1 aromatic carbocycles. The van der Waals surface area contributed by atoms with Gasteiger partial charge in [-0.25, -0.2) is 0 Å². The van der Waals surface area contributed by atoms with Crippen LogP contribution in [0.15, 0.2) is 54.9 Å². The van der Waals surface area contributed by atoms with Crippen molar-refractivity contribution in [2.75, 3.05) is 0 Å². The minimum atomic E-state index is -1.11. The molecule has 2 atom stereocenters. The Bertz CT molecular complexity index is 513. The molecule has 2 N–H and O–H groups in total. The third kappa shape index (κ3) is 2.55. The van der Waals surface area contributed by atoms with E-state index < -0.39 is 18.0 Å². The van der Waals surface area contributed by atoms with E-state index in [1.807, 2.05) is 0 Å². The fourth-order valence-corrected chi connectivity index (χ4v) is 1.86. The molecule has 0 fully saturated rings. The summed E-state index contributed by atoms with van der Waals surface area (Å²) in [6, 6.07) is 12.0. The van der Waals surface area contributed by atoms with Gasteiger partial charge >= 0.3 is 5.97 Å². The molecule has 0 spiro atoms. The second-order valence-corrected chi connectivity index (χ2v) is 3.96. The summed E-state index contributed by atoms with van der Waals surface area (Å²) in [7, 11) is 0. The fraction of sp³-hybridized carbons (Fsp3) is 0.143. The Hall–Kier alpha value is -2.20. The van der Waals surface area contributed by atoms with Crippen molar-refractivity contribution < 1.29 is 15.0 Å². The van der Waals surface area contributed by atoms with Gasteiger partial charge in [-0.15, -0.1) is 0 Å². The van der Waals surface area contributed by atoms with Crippen molar-refractivity contribution in [1.82, 2.24) is 4.98 Å². The normalized spacial score (nSPS) is 13.8. The van der Waals surface area contributed by atoms with Crippen LogP contribution in [0, 0.1) is 0 Å². The van der Waals surface area contributed by atoms with Gasteiger partial charge in [-0.05, 0) is 11.6 Å². The van der Waals surface area contributed by atoms with Crippen LogP contribution in [0.4, 0.5) is 0 Å². The highest BCUT2D eigenvalue weighted by atomic mass is 16.4. The first-order chi connectivity index (χ1) is 8.70. The number of pyridine rings is 1. The number of benzene rings is 1. The number of hydrogen-bond donors (Lipinski definition) is 2. The predicted molar refractivity (Wildman–Crippen MR) is 66.0 cm³/mol. The highest BCUT2D eigenvalue weighted by molar-refractivity contribution is 5.77. The third-order valence-corrected chi connectivity index (χ3v) is 2.77. The monoisotopic (exact) mass is 243 g/mol. The summed E-state index contributed by atoms with van der Waals surface area (Å²) in [6.45, 7) is 0. The first kappa shape index (κ1) is 12.3. The number of carboxylic acid groups (broad SMARTS) is 1. The van der Waals surface area contributed by atoms with Crippen molar-refractivity contribution in [1.29, 1.82) is 0 Å². The van der Waals surface area contributed by atoms with Gasteiger partial charge in [-0.1, -0.05) is 36.4 Å². The molecule has 0 saturated carbocycles. The Morgan fingerprint density at radius 2 is 1.72 bits per heavy atom. The Morgan fingerprint density at radius 1 is 1.06 bits per heavy atom. The van der Waals surface area contributed by atoms with Gasteiger partial charge in [0.05, 0.1) is 6.10 Å². The van der Waals surface area contributed by atoms with Gasteiger partial charge in [-0.3, -0.25) is 9.78 Å². The fourth-order valence-electron chi connectivity index (χ4n) is 1.86. The molecule has 4 heteroatoms. The number of aliphatic hydroxyl groups is 1. The average Bonchev–Trinajstić information content (AvgIpc) is 2.40. The second kappa shape index (κ2) is 5.42. The first-order valence-electron chi connectivity index (χ1n) is 5.56. The van der Waals surface area contributed by atoms with E-state index in [-0.39, 0.29) is 0 Å². The summed E-state index contributed by atoms with van der Waals surface area (Å²) in [5.41, 5.74) is 1.06. The number of aromatic nitrogens is 1. The van der Waals surface area contributed by atoms with Crippen LogP contribution in [0.25, 0.3) is 0 Å². The van der Waals surface area contributed by atoms with Crippen molar-refractivity contribution in [3.63, 3.8) is 0 Å². The molecule has 0 aliphatic rings. The number of carboxylic acids is 1. The summed E-state index contributed by atoms with van der Waals surface area (Å²) >= 11 is 0. The first-order valence-corrected chi connectivity index (χ1v) is 5.56. The lowest BCUT2D eigenvalue weighted by atomic mass is 9.90. The van der Waals surface area contributed by atoms with Crippen LogP contribution in [0.1, 0.15) is 23.1 Å². The molecular weight excluding hydrogens is 230 g/mol. The highest BCUT2D eigenvalue weighted by Crippen LogP contribution is 2.30. The van der Waals surface area contributed by atoms with Crippen molar-refractivity contribution >= 4 is 5.97 Å². The standard InChI is InChI=1S/C14H13NO3/c16-13(11-7-4-8-15-9-11)12(14(17)18)10-5-2-1-3-6-10/h1-9,12-13,16H,(H,17,18). The molecule has 0 amide bonds. The topological polar surface area (TPSA) is 70.4 Å². The van der Waals surface area contributed by atoms with E-state index in [9.17, 15) is 15.0 Å². The number of nitrogens with zero attached hydrogens (tertiary/aromatic N) is 1. The highest BCUT2D eigenvalue weighted by Gasteiger charge is 2.29. The molecule has 2 rings (SSSR count). The van der Waals surface area contributed by atoms with Gasteiger partial charge in [0, 0.05) is 18.0 Å². The largest absolute Gasteiger partial charge is 0.481 e. The molecule has 0 saturated heterocycles. The van der Waals surface area contributed by atoms with Crippen LogP contribution in [0.2, 0.25) is 0 Å². The predicted octanol–water partition coefficient (Wildman–Crippen LogP) is 1.98. The molecule has 1 heterocycles. The zero-order valence-electron chi connectivity index (χ0n) is 9.60. The Labute approximate surface area is 105 Å². The Morgan fingerprint density at radius 3 is 2.28 bits per heavy atom. The molecule has 2 unspecified atom stereocenters. The summed E-state index contributed by atoms with van der Waals surface area (Å²) < 4.78 is 0. The van der Waals surface area contributed by atoms with Crippen LogP contribution >= 0.6 is 0 Å². The van der Waals surface area contributed by atoms with Gasteiger partial charge < -0.3 is 10.2 Å². The summed E-state index contributed by atoms with van der Waals surface area (Å²) in [5.74, 6) is -2.05. The van der Waals surface area contributed by atoms with Crippen LogP contribution in [0.5, 0.6) is 0 Å². The third-order valence-electron chi connectivity index (χ3n) is 2.77. The molecule has 92 valence electrons. The van der Waals surface area contributed by atoms with Gasteiger partial charge in [0.1, 0.15) is 5.92 Å². The van der Waals surface area contributed by atoms with E-state index in [4.69, 9.17) is 0 Å². The molecule has 2 aromatic rings. The Balaban J connectivity index is 2.35. The molecule has 0 aliphatic carbocycles. The quantitative estimate of drug-likeness (QED) is 0.861. The number of rotatable bonds is 4. The number of hydrogen-bond acceptors (Lipinski definition) is 3. The van der Waals surface area contributed by atoms with Crippen molar-refractivity contribution in [3.8, 4) is 0 Å². The molecule has 4 nitrogen and oxygen atoms in total. The maximum atomic E-state index is 11.3. The Kier molecular flexibility index (Phi) is 3.69. The van der Waals surface area contributed by atoms with E-state index in [0.29, 0.717) is 11.1 Å².